The lowest BCUT2D eigenvalue weighted by Gasteiger charge is -2.11. The van der Waals surface area contributed by atoms with E-state index in [4.69, 9.17) is 11.6 Å². The molecule has 27 heavy (non-hydrogen) atoms. The molecule has 0 unspecified atom stereocenters. The molecule has 0 aliphatic rings. The fourth-order valence-electron chi connectivity index (χ4n) is 2.17. The molecule has 2 rings (SSSR count). The molecule has 0 spiro atoms. The Morgan fingerprint density at radius 3 is 2.63 bits per heavy atom. The van der Waals surface area contributed by atoms with Crippen LogP contribution in [0.1, 0.15) is 25.6 Å². The molecule has 1 heterocycles. The number of nitrogens with zero attached hydrogens (tertiary/aromatic N) is 4. The highest BCUT2D eigenvalue weighted by atomic mass is 127. The molecule has 1 aromatic heterocycles. The van der Waals surface area contributed by atoms with Gasteiger partial charge in [-0.2, -0.15) is 5.10 Å². The number of nitrogens with one attached hydrogen (secondary N) is 3. The number of aryl methyl sites for hydroxylation is 1. The second-order valence-corrected chi connectivity index (χ2v) is 6.02. The van der Waals surface area contributed by atoms with Crippen LogP contribution in [0.25, 0.3) is 0 Å². The monoisotopic (exact) mass is 505 g/mol. The van der Waals surface area contributed by atoms with E-state index in [2.05, 4.69) is 31.0 Å². The molecule has 0 saturated heterocycles. The lowest BCUT2D eigenvalue weighted by atomic mass is 10.2. The largest absolute Gasteiger partial charge is 0.357 e. The van der Waals surface area contributed by atoms with Gasteiger partial charge >= 0.3 is 0 Å². The quantitative estimate of drug-likeness (QED) is 0.222. The third-order valence-corrected chi connectivity index (χ3v) is 3.78. The molecule has 0 saturated carbocycles. The van der Waals surface area contributed by atoms with Crippen molar-refractivity contribution < 1.29 is 4.79 Å². The minimum atomic E-state index is -0.0323. The first-order valence-electron chi connectivity index (χ1n) is 8.49. The van der Waals surface area contributed by atoms with Crippen molar-refractivity contribution >= 4 is 53.1 Å². The van der Waals surface area contributed by atoms with E-state index in [1.807, 2.05) is 14.0 Å². The molecule has 0 atom stereocenters. The van der Waals surface area contributed by atoms with E-state index in [0.717, 1.165) is 18.1 Å². The number of amides is 1. The highest BCUT2D eigenvalue weighted by molar-refractivity contribution is 14.0. The minimum absolute atomic E-state index is 0. The maximum atomic E-state index is 12.0. The third kappa shape index (κ3) is 8.57. The average Bonchev–Trinajstić information content (AvgIpc) is 3.03. The molecule has 3 N–H and O–H groups in total. The number of anilines is 1. The lowest BCUT2D eigenvalue weighted by molar-refractivity contribution is -0.116. The smallest absolute Gasteiger partial charge is 0.224 e. The summed E-state index contributed by atoms with van der Waals surface area (Å²) in [5.74, 6) is 1.44. The van der Waals surface area contributed by atoms with Crippen LogP contribution in [-0.4, -0.2) is 39.7 Å². The molecule has 0 radical (unpaired) electrons. The van der Waals surface area contributed by atoms with Gasteiger partial charge in [0.1, 0.15) is 18.7 Å². The van der Waals surface area contributed by atoms with Gasteiger partial charge in [0.15, 0.2) is 5.96 Å². The second-order valence-electron chi connectivity index (χ2n) is 5.58. The number of benzene rings is 1. The predicted molar refractivity (Wildman–Crippen MR) is 119 cm³/mol. The van der Waals surface area contributed by atoms with Gasteiger partial charge in [-0.3, -0.25) is 9.48 Å². The molecular formula is C17H25ClIN7O. The molecule has 148 valence electrons. The molecular weight excluding hydrogens is 481 g/mol. The summed E-state index contributed by atoms with van der Waals surface area (Å²) in [5, 5.41) is 13.9. The number of guanidine groups is 1. The molecule has 0 aliphatic carbocycles. The van der Waals surface area contributed by atoms with E-state index in [-0.39, 0.29) is 29.9 Å². The van der Waals surface area contributed by atoms with E-state index >= 15 is 0 Å². The summed E-state index contributed by atoms with van der Waals surface area (Å²) in [7, 11) is 1.83. The van der Waals surface area contributed by atoms with Gasteiger partial charge in [-0.05, 0) is 37.6 Å². The summed E-state index contributed by atoms with van der Waals surface area (Å²) in [5.41, 5.74) is 0.742. The number of halogens is 2. The Morgan fingerprint density at radius 2 is 2.00 bits per heavy atom. The summed E-state index contributed by atoms with van der Waals surface area (Å²) in [6, 6.07) is 7.05. The van der Waals surface area contributed by atoms with Gasteiger partial charge in [0.05, 0.1) is 0 Å². The highest BCUT2D eigenvalue weighted by Gasteiger charge is 2.04. The number of hydrogen-bond donors (Lipinski definition) is 3. The number of carbonyl (C=O) groups is 1. The van der Waals surface area contributed by atoms with Crippen LogP contribution >= 0.6 is 35.6 Å². The van der Waals surface area contributed by atoms with Gasteiger partial charge in [0, 0.05) is 37.3 Å². The van der Waals surface area contributed by atoms with Gasteiger partial charge in [0.25, 0.3) is 0 Å². The Hall–Kier alpha value is -1.88. The molecule has 8 nitrogen and oxygen atoms in total. The van der Waals surface area contributed by atoms with Crippen molar-refractivity contribution in [3.05, 3.63) is 41.4 Å². The van der Waals surface area contributed by atoms with Gasteiger partial charge in [-0.1, -0.05) is 11.6 Å². The van der Waals surface area contributed by atoms with Gasteiger partial charge < -0.3 is 16.0 Å². The van der Waals surface area contributed by atoms with Crippen molar-refractivity contribution in [1.29, 1.82) is 0 Å². The molecule has 10 heteroatoms. The fourth-order valence-corrected chi connectivity index (χ4v) is 2.29. The topological polar surface area (TPSA) is 96.2 Å². The summed E-state index contributed by atoms with van der Waals surface area (Å²) in [4.78, 5) is 20.6. The van der Waals surface area contributed by atoms with Gasteiger partial charge in [0.2, 0.25) is 5.91 Å². The van der Waals surface area contributed by atoms with Gasteiger partial charge in [-0.25, -0.2) is 9.98 Å². The van der Waals surface area contributed by atoms with Crippen molar-refractivity contribution in [1.82, 2.24) is 25.4 Å². The Kier molecular flexibility index (Phi) is 10.7. The molecule has 1 amide bonds. The zero-order valence-corrected chi connectivity index (χ0v) is 18.5. The maximum Gasteiger partial charge on any atom is 0.224 e. The van der Waals surface area contributed by atoms with E-state index < -0.39 is 0 Å². The molecule has 1 aromatic carbocycles. The first-order chi connectivity index (χ1) is 12.6. The van der Waals surface area contributed by atoms with Crippen LogP contribution in [-0.2, 0) is 18.4 Å². The molecule has 0 aliphatic heterocycles. The number of hydrogen-bond acceptors (Lipinski definition) is 4. The van der Waals surface area contributed by atoms with Crippen molar-refractivity contribution in [3.63, 3.8) is 0 Å². The van der Waals surface area contributed by atoms with E-state index in [9.17, 15) is 4.79 Å². The third-order valence-electron chi connectivity index (χ3n) is 3.53. The number of aliphatic imine (C=N–C) groups is 1. The SMILES string of the molecule is CCNC(=NCc1ncnn1C)NCCCC(=O)Nc1ccc(Cl)cc1.I. The first-order valence-corrected chi connectivity index (χ1v) is 8.86. The highest BCUT2D eigenvalue weighted by Crippen LogP contribution is 2.13. The van der Waals surface area contributed by atoms with Crippen molar-refractivity contribution in [3.8, 4) is 0 Å². The van der Waals surface area contributed by atoms with Crippen molar-refractivity contribution in [2.45, 2.75) is 26.3 Å². The van der Waals surface area contributed by atoms with Crippen LogP contribution in [0, 0.1) is 0 Å². The van der Waals surface area contributed by atoms with E-state index in [0.29, 0.717) is 36.9 Å². The Bertz CT molecular complexity index is 733. The van der Waals surface area contributed by atoms with Crippen LogP contribution in [0.15, 0.2) is 35.6 Å². The molecule has 0 fully saturated rings. The van der Waals surface area contributed by atoms with Gasteiger partial charge in [-0.15, -0.1) is 24.0 Å². The second kappa shape index (κ2) is 12.5. The Labute approximate surface area is 181 Å². The van der Waals surface area contributed by atoms with Crippen molar-refractivity contribution in [2.75, 3.05) is 18.4 Å². The fraction of sp³-hybridized carbons (Fsp3) is 0.412. The summed E-state index contributed by atoms with van der Waals surface area (Å²) in [6.07, 6.45) is 2.61. The van der Waals surface area contributed by atoms with Crippen molar-refractivity contribution in [2.24, 2.45) is 12.0 Å². The van der Waals surface area contributed by atoms with Crippen LogP contribution < -0.4 is 16.0 Å². The van der Waals surface area contributed by atoms with Crippen LogP contribution in [0.2, 0.25) is 5.02 Å². The number of aromatic nitrogens is 3. The predicted octanol–water partition coefficient (Wildman–Crippen LogP) is 2.56. The summed E-state index contributed by atoms with van der Waals surface area (Å²) in [6.45, 7) is 3.82. The Morgan fingerprint density at radius 1 is 1.26 bits per heavy atom. The zero-order valence-electron chi connectivity index (χ0n) is 15.4. The van der Waals surface area contributed by atoms with Crippen LogP contribution in [0.5, 0.6) is 0 Å². The molecule has 0 bridgehead atoms. The Balaban J connectivity index is 0.00000364. The van der Waals surface area contributed by atoms with E-state index in [1.165, 1.54) is 6.33 Å². The summed E-state index contributed by atoms with van der Waals surface area (Å²) >= 11 is 5.83. The summed E-state index contributed by atoms with van der Waals surface area (Å²) < 4.78 is 1.69. The standard InChI is InChI=1S/C17H24ClN7O.HI/c1-3-19-17(21-11-15-22-12-23-25(15)2)20-10-4-5-16(26)24-14-8-6-13(18)7-9-14;/h6-9,12H,3-5,10-11H2,1-2H3,(H,24,26)(H2,19,20,21);1H. The number of rotatable bonds is 8. The minimum Gasteiger partial charge on any atom is -0.357 e. The van der Waals surface area contributed by atoms with E-state index in [1.54, 1.807) is 28.9 Å². The lowest BCUT2D eigenvalue weighted by Crippen LogP contribution is -2.38. The first kappa shape index (κ1) is 23.2. The number of carbonyl (C=O) groups excluding carboxylic acids is 1. The van der Waals surface area contributed by atoms with Crippen LogP contribution in [0.3, 0.4) is 0 Å². The normalized spacial score (nSPS) is 10.9. The maximum absolute atomic E-state index is 12.0. The van der Waals surface area contributed by atoms with Crippen LogP contribution in [0.4, 0.5) is 5.69 Å². The zero-order chi connectivity index (χ0) is 18.8. The molecule has 2 aromatic rings. The average molecular weight is 506 g/mol.